The normalized spacial score (nSPS) is 21.0. The largest absolute Gasteiger partial charge is 0.381 e. The highest BCUT2D eigenvalue weighted by Crippen LogP contribution is 2.25. The highest BCUT2D eigenvalue weighted by molar-refractivity contribution is 7.99. The lowest BCUT2D eigenvalue weighted by atomic mass is 10.1. The molecule has 2 aromatic rings. The molecule has 0 bridgehead atoms. The third-order valence-corrected chi connectivity index (χ3v) is 8.26. The van der Waals surface area contributed by atoms with Crippen LogP contribution in [0.15, 0.2) is 23.0 Å². The molecule has 172 valence electrons. The summed E-state index contributed by atoms with van der Waals surface area (Å²) < 4.78 is 30.6. The van der Waals surface area contributed by atoms with Gasteiger partial charge < -0.3 is 15.0 Å². The first-order chi connectivity index (χ1) is 14.4. The lowest BCUT2D eigenvalue weighted by Crippen LogP contribution is -2.44. The van der Waals surface area contributed by atoms with Gasteiger partial charge in [-0.25, -0.2) is 17.7 Å². The van der Waals surface area contributed by atoms with Crippen molar-refractivity contribution in [2.45, 2.75) is 50.2 Å². The molecule has 3 heterocycles. The van der Waals surface area contributed by atoms with Gasteiger partial charge in [-0.15, -0.1) is 0 Å². The van der Waals surface area contributed by atoms with Crippen molar-refractivity contribution < 1.29 is 13.2 Å². The van der Waals surface area contributed by atoms with Crippen LogP contribution in [0.5, 0.6) is 0 Å². The van der Waals surface area contributed by atoms with Crippen molar-refractivity contribution in [2.75, 3.05) is 37.9 Å². The molecule has 2 fully saturated rings. The summed E-state index contributed by atoms with van der Waals surface area (Å²) in [5, 5.41) is 4.52. The van der Waals surface area contributed by atoms with Gasteiger partial charge >= 0.3 is 0 Å². The number of thioether (sulfide) groups is 1. The smallest absolute Gasteiger partial charge is 0.258 e. The molecule has 10 heteroatoms. The number of benzene rings is 1. The van der Waals surface area contributed by atoms with Crippen LogP contribution in [0, 0.1) is 0 Å². The molecular formula is C21H32N4O4S2. The van der Waals surface area contributed by atoms with Crippen LogP contribution >= 0.6 is 11.8 Å². The van der Waals surface area contributed by atoms with Crippen LogP contribution in [0.4, 0.5) is 5.69 Å². The van der Waals surface area contributed by atoms with Crippen LogP contribution in [0.1, 0.15) is 38.9 Å². The molecule has 8 nitrogen and oxygen atoms in total. The fourth-order valence-corrected chi connectivity index (χ4v) is 5.95. The predicted octanol–water partition coefficient (Wildman–Crippen LogP) is 2.81. The van der Waals surface area contributed by atoms with Gasteiger partial charge in [0, 0.05) is 43.3 Å². The molecule has 4 rings (SSSR count). The van der Waals surface area contributed by atoms with Crippen molar-refractivity contribution in [1.29, 1.82) is 0 Å². The molecule has 0 spiro atoms. The summed E-state index contributed by atoms with van der Waals surface area (Å²) in [6, 6.07) is 5.55. The first-order valence-electron chi connectivity index (χ1n) is 10.3. The van der Waals surface area contributed by atoms with E-state index in [0.29, 0.717) is 40.8 Å². The number of piperidine rings is 1. The van der Waals surface area contributed by atoms with Crippen molar-refractivity contribution >= 4 is 38.4 Å². The SMILES string of the molecule is C.CS(=O)(=O)N1CCC[C@@H](Nc2ccc3c(=O)[nH]c(CSC4CCOCC4)nc3c2)C1. The molecule has 1 aromatic carbocycles. The average molecular weight is 469 g/mol. The Morgan fingerprint density at radius 2 is 2.06 bits per heavy atom. The Kier molecular flexibility index (Phi) is 8.01. The molecule has 0 saturated carbocycles. The van der Waals surface area contributed by atoms with Gasteiger partial charge in [0.25, 0.3) is 5.56 Å². The van der Waals surface area contributed by atoms with Crippen LogP contribution in [-0.2, 0) is 20.5 Å². The van der Waals surface area contributed by atoms with Crippen molar-refractivity contribution in [3.8, 4) is 0 Å². The molecule has 2 aliphatic heterocycles. The summed E-state index contributed by atoms with van der Waals surface area (Å²) in [7, 11) is -3.19. The van der Waals surface area contributed by atoms with Crippen LogP contribution in [-0.4, -0.2) is 66.5 Å². The van der Waals surface area contributed by atoms with Crippen molar-refractivity contribution in [2.24, 2.45) is 0 Å². The first-order valence-corrected chi connectivity index (χ1v) is 13.2. The van der Waals surface area contributed by atoms with E-state index in [2.05, 4.69) is 15.3 Å². The molecule has 1 atom stereocenters. The number of hydrogen-bond acceptors (Lipinski definition) is 7. The number of sulfonamides is 1. The minimum Gasteiger partial charge on any atom is -0.381 e. The van der Waals surface area contributed by atoms with Crippen LogP contribution < -0.4 is 10.9 Å². The summed E-state index contributed by atoms with van der Waals surface area (Å²) >= 11 is 1.81. The maximum absolute atomic E-state index is 12.5. The zero-order valence-corrected chi connectivity index (χ0v) is 18.7. The Bertz CT molecular complexity index is 1050. The van der Waals surface area contributed by atoms with Crippen LogP contribution in [0.2, 0.25) is 0 Å². The summed E-state index contributed by atoms with van der Waals surface area (Å²) in [5.41, 5.74) is 1.38. The van der Waals surface area contributed by atoms with Gasteiger partial charge in [-0.3, -0.25) is 4.79 Å². The highest BCUT2D eigenvalue weighted by atomic mass is 32.2. The van der Waals surface area contributed by atoms with E-state index in [1.807, 2.05) is 23.9 Å². The van der Waals surface area contributed by atoms with Gasteiger partial charge in [-0.1, -0.05) is 7.43 Å². The Hall–Kier alpha value is -1.62. The lowest BCUT2D eigenvalue weighted by Gasteiger charge is -2.32. The number of nitrogens with one attached hydrogen (secondary N) is 2. The maximum Gasteiger partial charge on any atom is 0.258 e. The van der Waals surface area contributed by atoms with Gasteiger partial charge in [0.2, 0.25) is 10.0 Å². The van der Waals surface area contributed by atoms with Crippen molar-refractivity contribution in [1.82, 2.24) is 14.3 Å². The first kappa shape index (κ1) is 24.0. The number of anilines is 1. The van der Waals surface area contributed by atoms with Crippen molar-refractivity contribution in [3.63, 3.8) is 0 Å². The Labute approximate surface area is 188 Å². The van der Waals surface area contributed by atoms with Crippen LogP contribution in [0.3, 0.4) is 0 Å². The number of nitrogens with zero attached hydrogens (tertiary/aromatic N) is 2. The quantitative estimate of drug-likeness (QED) is 0.672. The fraction of sp³-hybridized carbons (Fsp3) is 0.619. The second-order valence-electron chi connectivity index (χ2n) is 7.97. The van der Waals surface area contributed by atoms with Gasteiger partial charge in [0.05, 0.1) is 22.9 Å². The van der Waals surface area contributed by atoms with E-state index < -0.39 is 10.0 Å². The molecule has 2 saturated heterocycles. The molecular weight excluding hydrogens is 436 g/mol. The van der Waals surface area contributed by atoms with Crippen molar-refractivity contribution in [3.05, 3.63) is 34.4 Å². The van der Waals surface area contributed by atoms with E-state index in [1.165, 1.54) is 10.6 Å². The Morgan fingerprint density at radius 3 is 2.81 bits per heavy atom. The molecule has 0 aliphatic carbocycles. The van der Waals surface area contributed by atoms with Gasteiger partial charge in [0.1, 0.15) is 5.82 Å². The van der Waals surface area contributed by atoms with Crippen LogP contribution in [0.25, 0.3) is 10.9 Å². The molecule has 1 aromatic heterocycles. The molecule has 2 aliphatic rings. The van der Waals surface area contributed by atoms with Gasteiger partial charge in [-0.05, 0) is 43.9 Å². The van der Waals surface area contributed by atoms with E-state index in [-0.39, 0.29) is 19.0 Å². The second kappa shape index (κ2) is 10.3. The highest BCUT2D eigenvalue weighted by Gasteiger charge is 2.25. The molecule has 0 amide bonds. The topological polar surface area (TPSA) is 104 Å². The zero-order chi connectivity index (χ0) is 21.1. The molecule has 31 heavy (non-hydrogen) atoms. The van der Waals surface area contributed by atoms with E-state index in [9.17, 15) is 13.2 Å². The number of H-pyrrole nitrogens is 1. The minimum atomic E-state index is -3.19. The Morgan fingerprint density at radius 1 is 1.29 bits per heavy atom. The summed E-state index contributed by atoms with van der Waals surface area (Å²) in [6.45, 7) is 2.62. The number of fused-ring (bicyclic) bond motifs is 1. The number of ether oxygens (including phenoxy) is 1. The second-order valence-corrected chi connectivity index (χ2v) is 11.2. The van der Waals surface area contributed by atoms with Gasteiger partial charge in [0.15, 0.2) is 0 Å². The number of aromatic amines is 1. The van der Waals surface area contributed by atoms with E-state index in [0.717, 1.165) is 44.6 Å². The third-order valence-electron chi connectivity index (χ3n) is 5.60. The summed E-state index contributed by atoms with van der Waals surface area (Å²) in [5.74, 6) is 1.35. The third kappa shape index (κ3) is 6.21. The number of hydrogen-bond donors (Lipinski definition) is 2. The molecule has 0 radical (unpaired) electrons. The van der Waals surface area contributed by atoms with E-state index in [4.69, 9.17) is 4.74 Å². The average Bonchev–Trinajstić information content (AvgIpc) is 2.72. The number of aromatic nitrogens is 2. The standard InChI is InChI=1S/C20H28N4O4S2.CH4/c1-30(26,27)24-8-2-3-15(12-24)21-14-4-5-17-18(11-14)22-19(23-20(17)25)13-29-16-6-9-28-10-7-16;/h4-5,11,15-16,21H,2-3,6-10,12-13H2,1H3,(H,22,23,25);1H4/t15-;/m1./s1. The minimum absolute atomic E-state index is 0. The summed E-state index contributed by atoms with van der Waals surface area (Å²) in [4.78, 5) is 20.1. The van der Waals surface area contributed by atoms with E-state index >= 15 is 0 Å². The Balaban J connectivity index is 0.00000272. The molecule has 2 N–H and O–H groups in total. The fourth-order valence-electron chi connectivity index (χ4n) is 3.98. The summed E-state index contributed by atoms with van der Waals surface area (Å²) in [6.07, 6.45) is 5.04. The monoisotopic (exact) mass is 468 g/mol. The number of rotatable bonds is 6. The molecule has 0 unspecified atom stereocenters. The zero-order valence-electron chi connectivity index (χ0n) is 17.1. The maximum atomic E-state index is 12.5. The predicted molar refractivity (Wildman–Crippen MR) is 127 cm³/mol. The van der Waals surface area contributed by atoms with Gasteiger partial charge in [-0.2, -0.15) is 11.8 Å². The van der Waals surface area contributed by atoms with E-state index in [1.54, 1.807) is 6.07 Å². The lowest BCUT2D eigenvalue weighted by molar-refractivity contribution is 0.1000.